The third kappa shape index (κ3) is 3.99. The molecule has 1 saturated heterocycles. The van der Waals surface area contributed by atoms with Crippen molar-refractivity contribution in [2.45, 2.75) is 45.6 Å². The Morgan fingerprint density at radius 3 is 2.53 bits per heavy atom. The predicted molar refractivity (Wildman–Crippen MR) is 137 cm³/mol. The fourth-order valence-corrected chi connectivity index (χ4v) is 5.39. The highest BCUT2D eigenvalue weighted by Gasteiger charge is 2.36. The van der Waals surface area contributed by atoms with Crippen molar-refractivity contribution in [3.63, 3.8) is 0 Å². The zero-order chi connectivity index (χ0) is 23.2. The molecule has 1 fully saturated rings. The number of benzene rings is 2. The molecule has 1 N–H and O–H groups in total. The van der Waals surface area contributed by atoms with Crippen molar-refractivity contribution in [2.24, 2.45) is 0 Å². The van der Waals surface area contributed by atoms with Crippen LogP contribution in [0.15, 0.2) is 52.5 Å². The fourth-order valence-electron chi connectivity index (χ4n) is 4.85. The minimum absolute atomic E-state index is 0.0672. The van der Waals surface area contributed by atoms with Crippen LogP contribution in [0.3, 0.4) is 0 Å². The summed E-state index contributed by atoms with van der Waals surface area (Å²) in [5.74, 6) is -0.525. The van der Waals surface area contributed by atoms with Crippen molar-refractivity contribution in [2.75, 3.05) is 16.3 Å². The van der Waals surface area contributed by atoms with Gasteiger partial charge in [-0.05, 0) is 98.9 Å². The van der Waals surface area contributed by atoms with Crippen LogP contribution in [0, 0.1) is 0 Å². The second-order valence-electron chi connectivity index (χ2n) is 8.91. The molecule has 2 amide bonds. The summed E-state index contributed by atoms with van der Waals surface area (Å²) in [6, 6.07) is 13.4. The lowest BCUT2D eigenvalue weighted by Crippen LogP contribution is -2.54. The van der Waals surface area contributed by atoms with Crippen LogP contribution in [0.2, 0.25) is 0 Å². The van der Waals surface area contributed by atoms with Crippen LogP contribution < -0.4 is 15.1 Å². The van der Waals surface area contributed by atoms with Crippen molar-refractivity contribution >= 4 is 62.5 Å². The van der Waals surface area contributed by atoms with Crippen molar-refractivity contribution in [3.05, 3.63) is 63.6 Å². The molecular formula is C25H26BrN3O2S. The molecule has 0 aromatic heterocycles. The van der Waals surface area contributed by atoms with Crippen LogP contribution >= 0.6 is 28.1 Å². The van der Waals surface area contributed by atoms with Crippen LogP contribution in [0.5, 0.6) is 0 Å². The quantitative estimate of drug-likeness (QED) is 0.340. The molecule has 0 bridgehead atoms. The highest BCUT2D eigenvalue weighted by Crippen LogP contribution is 2.43. The largest absolute Gasteiger partial charge is 0.366 e. The summed E-state index contributed by atoms with van der Waals surface area (Å²) in [4.78, 5) is 29.7. The lowest BCUT2D eigenvalue weighted by molar-refractivity contribution is -0.122. The van der Waals surface area contributed by atoms with Crippen molar-refractivity contribution in [3.8, 4) is 0 Å². The zero-order valence-electron chi connectivity index (χ0n) is 18.6. The summed E-state index contributed by atoms with van der Waals surface area (Å²) in [6.07, 6.45) is 2.70. The van der Waals surface area contributed by atoms with Gasteiger partial charge < -0.3 is 4.90 Å². The number of hydrogen-bond acceptors (Lipinski definition) is 4. The number of carbonyl (C=O) groups is 2. The van der Waals surface area contributed by atoms with E-state index in [4.69, 9.17) is 12.2 Å². The van der Waals surface area contributed by atoms with E-state index >= 15 is 0 Å². The smallest absolute Gasteiger partial charge is 0.270 e. The minimum Gasteiger partial charge on any atom is -0.366 e. The van der Waals surface area contributed by atoms with E-state index in [2.05, 4.69) is 66.0 Å². The van der Waals surface area contributed by atoms with E-state index in [9.17, 15) is 9.59 Å². The molecule has 2 aromatic carbocycles. The number of carbonyl (C=O) groups excluding carboxylic acids is 2. The topological polar surface area (TPSA) is 52.7 Å². The molecule has 2 aliphatic rings. The number of amides is 2. The molecule has 32 heavy (non-hydrogen) atoms. The van der Waals surface area contributed by atoms with Crippen LogP contribution in [0.25, 0.3) is 6.08 Å². The van der Waals surface area contributed by atoms with Crippen LogP contribution in [-0.4, -0.2) is 29.0 Å². The Morgan fingerprint density at radius 2 is 1.88 bits per heavy atom. The van der Waals surface area contributed by atoms with Gasteiger partial charge in [0.25, 0.3) is 11.8 Å². The first-order valence-corrected chi connectivity index (χ1v) is 11.9. The van der Waals surface area contributed by atoms with E-state index in [1.165, 1.54) is 16.2 Å². The molecular weight excluding hydrogens is 486 g/mol. The first-order chi connectivity index (χ1) is 15.1. The van der Waals surface area contributed by atoms with Crippen LogP contribution in [0.4, 0.5) is 11.4 Å². The van der Waals surface area contributed by atoms with Gasteiger partial charge in [-0.15, -0.1) is 0 Å². The Labute approximate surface area is 202 Å². The summed E-state index contributed by atoms with van der Waals surface area (Å²) < 4.78 is 0.893. The predicted octanol–water partition coefficient (Wildman–Crippen LogP) is 5.39. The summed E-state index contributed by atoms with van der Waals surface area (Å²) in [6.45, 7) is 9.87. The number of hydrogen-bond donors (Lipinski definition) is 1. The fraction of sp³-hybridized carbons (Fsp3) is 0.320. The van der Waals surface area contributed by atoms with E-state index in [0.29, 0.717) is 11.6 Å². The maximum absolute atomic E-state index is 13.3. The third-order valence-electron chi connectivity index (χ3n) is 6.22. The number of halogens is 1. The van der Waals surface area contributed by atoms with Gasteiger partial charge >= 0.3 is 0 Å². The van der Waals surface area contributed by atoms with E-state index < -0.39 is 11.8 Å². The lowest BCUT2D eigenvalue weighted by atomic mass is 9.79. The number of nitrogens with one attached hydrogen (secondary N) is 1. The Balaban J connectivity index is 1.72. The molecule has 166 valence electrons. The van der Waals surface area contributed by atoms with Gasteiger partial charge in [0.05, 0.1) is 5.69 Å². The number of anilines is 2. The van der Waals surface area contributed by atoms with Gasteiger partial charge in [0.15, 0.2) is 5.11 Å². The van der Waals surface area contributed by atoms with Crippen LogP contribution in [0.1, 0.15) is 51.2 Å². The summed E-state index contributed by atoms with van der Waals surface area (Å²) in [7, 11) is 0. The Kier molecular flexibility index (Phi) is 5.98. The number of nitrogens with zero attached hydrogens (tertiary/aromatic N) is 2. The molecule has 0 spiro atoms. The summed E-state index contributed by atoms with van der Waals surface area (Å²) in [5, 5.41) is 2.73. The third-order valence-corrected chi connectivity index (χ3v) is 7.04. The summed E-state index contributed by atoms with van der Waals surface area (Å²) in [5.41, 5.74) is 4.04. The summed E-state index contributed by atoms with van der Waals surface area (Å²) >= 11 is 8.68. The van der Waals surface area contributed by atoms with Crippen LogP contribution in [-0.2, 0) is 9.59 Å². The second-order valence-corrected chi connectivity index (χ2v) is 10.2. The molecule has 4 rings (SSSR count). The molecule has 0 aliphatic carbocycles. The van der Waals surface area contributed by atoms with Gasteiger partial charge in [-0.25, -0.2) is 0 Å². The van der Waals surface area contributed by atoms with Gasteiger partial charge in [0.1, 0.15) is 5.57 Å². The van der Waals surface area contributed by atoms with E-state index in [0.717, 1.165) is 23.0 Å². The van der Waals surface area contributed by atoms with Gasteiger partial charge in [-0.2, -0.15) is 0 Å². The van der Waals surface area contributed by atoms with Crippen molar-refractivity contribution in [1.82, 2.24) is 5.32 Å². The molecule has 2 aromatic rings. The molecule has 0 radical (unpaired) electrons. The second kappa shape index (κ2) is 8.45. The highest BCUT2D eigenvalue weighted by atomic mass is 79.9. The lowest BCUT2D eigenvalue weighted by Gasteiger charge is -2.47. The molecule has 2 aliphatic heterocycles. The maximum atomic E-state index is 13.3. The number of rotatable bonds is 3. The maximum Gasteiger partial charge on any atom is 0.270 e. The Morgan fingerprint density at radius 1 is 1.19 bits per heavy atom. The standard InChI is InChI=1S/C25H26BrN3O2S/c1-5-28-21-11-6-16(12-19(21)15(2)14-25(28,3)4)13-20-22(30)27-24(32)29(23(20)31)18-9-7-17(26)8-10-18/h6-13,15H,5,14H2,1-4H3,(H,27,30,32)/b20-13-. The van der Waals surface area contributed by atoms with Gasteiger partial charge in [0.2, 0.25) is 0 Å². The zero-order valence-corrected chi connectivity index (χ0v) is 21.0. The van der Waals surface area contributed by atoms with E-state index in [-0.39, 0.29) is 16.2 Å². The van der Waals surface area contributed by atoms with Gasteiger partial charge in [-0.3, -0.25) is 19.8 Å². The SMILES string of the molecule is CCN1c2ccc(/C=C3/C(=O)NC(=S)N(c4ccc(Br)cc4)C3=O)cc2C(C)CC1(C)C. The van der Waals surface area contributed by atoms with Gasteiger partial charge in [0, 0.05) is 22.2 Å². The minimum atomic E-state index is -0.476. The monoisotopic (exact) mass is 511 g/mol. The highest BCUT2D eigenvalue weighted by molar-refractivity contribution is 9.10. The molecule has 1 atom stereocenters. The molecule has 0 saturated carbocycles. The molecule has 5 nitrogen and oxygen atoms in total. The Hall–Kier alpha value is -2.51. The number of fused-ring (bicyclic) bond motifs is 1. The molecule has 7 heteroatoms. The van der Waals surface area contributed by atoms with E-state index in [1.54, 1.807) is 18.2 Å². The molecule has 2 heterocycles. The first kappa shape index (κ1) is 22.7. The molecule has 1 unspecified atom stereocenters. The van der Waals surface area contributed by atoms with Crippen molar-refractivity contribution < 1.29 is 9.59 Å². The van der Waals surface area contributed by atoms with E-state index in [1.807, 2.05) is 18.2 Å². The Bertz CT molecular complexity index is 1140. The first-order valence-electron chi connectivity index (χ1n) is 10.7. The normalized spacial score (nSPS) is 21.6. The average molecular weight is 512 g/mol. The average Bonchev–Trinajstić information content (AvgIpc) is 2.72. The number of thiocarbonyl (C=S) groups is 1. The van der Waals surface area contributed by atoms with Crippen molar-refractivity contribution in [1.29, 1.82) is 0 Å². The van der Waals surface area contributed by atoms with Gasteiger partial charge in [-0.1, -0.05) is 28.9 Å².